The standard InChI is InChI=1S/C18H22FN3O.C17H20FN3O2/c1-12-5-7-13(8-6-12)17(23)10-21-18-14(3-2-4-15(18)19)16-9-20-11-22(16)21;18-13-2-1-3-14-17(13)20(16-8-19-10-21(14)16)9-15(23)11-4-6-12(22)7-5-11/h2-4,9,11-13,17,23H,5-8,10H2,1H3;1-3,8,10-12,15,22-23H,4-7,9H2. The maximum atomic E-state index is 14.4. The van der Waals surface area contributed by atoms with Crippen molar-refractivity contribution in [1.29, 1.82) is 0 Å². The van der Waals surface area contributed by atoms with Crippen molar-refractivity contribution in [3.05, 3.63) is 73.1 Å². The maximum absolute atomic E-state index is 14.4. The van der Waals surface area contributed by atoms with E-state index in [1.807, 2.05) is 30.3 Å². The topological polar surface area (TPSA) is 105 Å². The lowest BCUT2D eigenvalue weighted by Crippen LogP contribution is -2.30. The predicted octanol–water partition coefficient (Wildman–Crippen LogP) is 5.96. The van der Waals surface area contributed by atoms with Crippen LogP contribution in [0.25, 0.3) is 33.1 Å². The monoisotopic (exact) mass is 632 g/mol. The van der Waals surface area contributed by atoms with Gasteiger partial charge in [0, 0.05) is 5.39 Å². The van der Waals surface area contributed by atoms with Crippen LogP contribution in [-0.4, -0.2) is 61.8 Å². The molecule has 0 bridgehead atoms. The number of aromatic nitrogens is 6. The van der Waals surface area contributed by atoms with Crippen molar-refractivity contribution in [2.75, 3.05) is 0 Å². The normalized spacial score (nSPS) is 23.6. The van der Waals surface area contributed by atoms with Gasteiger partial charge in [-0.3, -0.25) is 9.08 Å². The van der Waals surface area contributed by atoms with Crippen LogP contribution >= 0.6 is 0 Å². The summed E-state index contributed by atoms with van der Waals surface area (Å²) in [7, 11) is 0. The van der Waals surface area contributed by atoms with Gasteiger partial charge in [-0.1, -0.05) is 38.0 Å². The Hall–Kier alpha value is -3.80. The fourth-order valence-electron chi connectivity index (χ4n) is 7.70. The first-order valence-electron chi connectivity index (χ1n) is 16.5. The fraction of sp³-hybridized carbons (Fsp3) is 0.486. The molecule has 2 atom stereocenters. The molecule has 0 radical (unpaired) electrons. The maximum Gasteiger partial charge on any atom is 0.149 e. The summed E-state index contributed by atoms with van der Waals surface area (Å²) in [5.41, 5.74) is 3.46. The van der Waals surface area contributed by atoms with Crippen LogP contribution in [0, 0.1) is 29.4 Å². The third-order valence-electron chi connectivity index (χ3n) is 10.4. The van der Waals surface area contributed by atoms with Crippen molar-refractivity contribution < 1.29 is 24.1 Å². The van der Waals surface area contributed by atoms with Crippen LogP contribution in [0.4, 0.5) is 8.78 Å². The first-order valence-corrected chi connectivity index (χ1v) is 16.5. The number of para-hydroxylation sites is 2. The van der Waals surface area contributed by atoms with E-state index in [1.165, 1.54) is 25.0 Å². The van der Waals surface area contributed by atoms with E-state index in [2.05, 4.69) is 16.9 Å². The second-order valence-electron chi connectivity index (χ2n) is 13.4. The molecular weight excluding hydrogens is 590 g/mol. The first-order chi connectivity index (χ1) is 22.3. The molecule has 46 heavy (non-hydrogen) atoms. The van der Waals surface area contributed by atoms with Gasteiger partial charge in [-0.2, -0.15) is 0 Å². The molecule has 4 aromatic heterocycles. The minimum Gasteiger partial charge on any atom is -0.393 e. The Labute approximate surface area is 265 Å². The van der Waals surface area contributed by atoms with Crippen molar-refractivity contribution >= 4 is 33.1 Å². The molecule has 2 aliphatic carbocycles. The third-order valence-corrected chi connectivity index (χ3v) is 10.4. The molecule has 2 unspecified atom stereocenters. The number of benzene rings is 2. The summed E-state index contributed by atoms with van der Waals surface area (Å²) in [6.07, 6.45) is 13.0. The second-order valence-corrected chi connectivity index (χ2v) is 13.4. The molecule has 11 heteroatoms. The summed E-state index contributed by atoms with van der Waals surface area (Å²) in [5, 5.41) is 31.8. The number of hydrogen-bond acceptors (Lipinski definition) is 5. The summed E-state index contributed by atoms with van der Waals surface area (Å²) in [6, 6.07) is 10.1. The molecule has 8 rings (SSSR count). The van der Waals surface area contributed by atoms with Crippen LogP contribution in [-0.2, 0) is 13.1 Å². The molecule has 2 fully saturated rings. The lowest BCUT2D eigenvalue weighted by molar-refractivity contribution is 0.0343. The molecule has 0 saturated heterocycles. The van der Waals surface area contributed by atoms with Crippen molar-refractivity contribution in [2.24, 2.45) is 17.8 Å². The van der Waals surface area contributed by atoms with Crippen LogP contribution in [0.5, 0.6) is 0 Å². The molecular formula is C35H42F2N6O3. The predicted molar refractivity (Wildman–Crippen MR) is 172 cm³/mol. The van der Waals surface area contributed by atoms with Gasteiger partial charge >= 0.3 is 0 Å². The second kappa shape index (κ2) is 12.8. The van der Waals surface area contributed by atoms with Crippen molar-refractivity contribution in [1.82, 2.24) is 28.1 Å². The van der Waals surface area contributed by atoms with Gasteiger partial charge in [0.15, 0.2) is 0 Å². The summed E-state index contributed by atoms with van der Waals surface area (Å²) in [5.74, 6) is 0.649. The van der Waals surface area contributed by atoms with E-state index in [4.69, 9.17) is 0 Å². The Morgan fingerprint density at radius 1 is 0.761 bits per heavy atom. The number of halogens is 2. The number of fused-ring (bicyclic) bond motifs is 6. The summed E-state index contributed by atoms with van der Waals surface area (Å²) in [6.45, 7) is 3.00. The van der Waals surface area contributed by atoms with Crippen LogP contribution in [0.15, 0.2) is 61.4 Å². The highest BCUT2D eigenvalue weighted by atomic mass is 19.1. The molecule has 6 aromatic rings. The van der Waals surface area contributed by atoms with Crippen molar-refractivity contribution in [3.63, 3.8) is 0 Å². The molecule has 0 spiro atoms. The third kappa shape index (κ3) is 5.69. The summed E-state index contributed by atoms with van der Waals surface area (Å²) < 4.78 is 36.0. The highest BCUT2D eigenvalue weighted by Gasteiger charge is 2.28. The van der Waals surface area contributed by atoms with Crippen molar-refractivity contribution in [2.45, 2.75) is 89.7 Å². The van der Waals surface area contributed by atoms with Gasteiger partial charge in [-0.05, 0) is 74.5 Å². The first kappa shape index (κ1) is 30.8. The van der Waals surface area contributed by atoms with Crippen LogP contribution in [0.2, 0.25) is 0 Å². The van der Waals surface area contributed by atoms with Gasteiger partial charge in [0.1, 0.15) is 41.0 Å². The minimum absolute atomic E-state index is 0.144. The lowest BCUT2D eigenvalue weighted by atomic mass is 9.80. The zero-order valence-electron chi connectivity index (χ0n) is 26.1. The van der Waals surface area contributed by atoms with E-state index >= 15 is 0 Å². The number of rotatable bonds is 6. The number of hydrogen-bond donors (Lipinski definition) is 3. The van der Waals surface area contributed by atoms with Gasteiger partial charge in [-0.25, -0.2) is 23.3 Å². The van der Waals surface area contributed by atoms with Gasteiger partial charge < -0.3 is 19.9 Å². The van der Waals surface area contributed by atoms with E-state index in [-0.39, 0.29) is 23.7 Å². The van der Waals surface area contributed by atoms with E-state index in [9.17, 15) is 24.1 Å². The lowest BCUT2D eigenvalue weighted by Gasteiger charge is -2.30. The van der Waals surface area contributed by atoms with E-state index in [1.54, 1.807) is 37.2 Å². The molecule has 244 valence electrons. The number of aliphatic hydroxyl groups excluding tert-OH is 3. The van der Waals surface area contributed by atoms with Gasteiger partial charge in [0.2, 0.25) is 0 Å². The molecule has 2 aromatic carbocycles. The molecule has 0 aliphatic heterocycles. The number of imidazole rings is 3. The van der Waals surface area contributed by atoms with Gasteiger partial charge in [0.05, 0.1) is 54.8 Å². The van der Waals surface area contributed by atoms with Crippen LogP contribution in [0.3, 0.4) is 0 Å². The van der Waals surface area contributed by atoms with E-state index in [0.717, 1.165) is 66.5 Å². The minimum atomic E-state index is -0.559. The number of aliphatic hydroxyl groups is 3. The van der Waals surface area contributed by atoms with E-state index in [0.29, 0.717) is 30.0 Å². The highest BCUT2D eigenvalue weighted by Crippen LogP contribution is 2.33. The molecule has 2 saturated carbocycles. The molecule has 0 amide bonds. The fourth-order valence-corrected chi connectivity index (χ4v) is 7.70. The Balaban J connectivity index is 0.000000147. The van der Waals surface area contributed by atoms with Gasteiger partial charge in [-0.15, -0.1) is 0 Å². The SMILES string of the molecule is CC1CCC(C(O)Cn2c3c(F)cccc3c3cncn32)CC1.OC1CCC(C(O)Cn2c3c(F)cccc3n3cncc23)CC1. The van der Waals surface area contributed by atoms with Gasteiger partial charge in [0.25, 0.3) is 0 Å². The zero-order valence-corrected chi connectivity index (χ0v) is 26.1. The van der Waals surface area contributed by atoms with E-state index < -0.39 is 12.2 Å². The summed E-state index contributed by atoms with van der Waals surface area (Å²) >= 11 is 0. The Morgan fingerprint density at radius 2 is 1.39 bits per heavy atom. The Morgan fingerprint density at radius 3 is 2.13 bits per heavy atom. The quantitative estimate of drug-likeness (QED) is 0.210. The zero-order chi connectivity index (χ0) is 31.9. The average Bonchev–Trinajstić information content (AvgIpc) is 3.83. The summed E-state index contributed by atoms with van der Waals surface area (Å²) in [4.78, 5) is 8.31. The molecule has 4 heterocycles. The van der Waals surface area contributed by atoms with Crippen molar-refractivity contribution in [3.8, 4) is 0 Å². The van der Waals surface area contributed by atoms with Crippen LogP contribution in [0.1, 0.15) is 58.3 Å². The highest BCUT2D eigenvalue weighted by molar-refractivity contribution is 5.94. The molecule has 9 nitrogen and oxygen atoms in total. The number of nitrogens with zero attached hydrogens (tertiary/aromatic N) is 6. The molecule has 2 aliphatic rings. The largest absolute Gasteiger partial charge is 0.393 e. The Kier molecular flexibility index (Phi) is 8.56. The average molecular weight is 633 g/mol. The Bertz CT molecular complexity index is 1800. The smallest absolute Gasteiger partial charge is 0.149 e. The van der Waals surface area contributed by atoms with Crippen LogP contribution < -0.4 is 0 Å². The molecule has 3 N–H and O–H groups in total.